The molecule has 0 unspecified atom stereocenters. The number of rotatable bonds is 2. The molecular formula is C18H25NO. The molecule has 0 heterocycles. The summed E-state index contributed by atoms with van der Waals surface area (Å²) >= 11 is 0. The Kier molecular flexibility index (Phi) is 9.71. The Bertz CT molecular complexity index is 492. The molecule has 0 saturated carbocycles. The zero-order chi connectivity index (χ0) is 15.4. The maximum atomic E-state index is 9.67. The lowest BCUT2D eigenvalue weighted by molar-refractivity contribution is 0.468. The van der Waals surface area contributed by atoms with Gasteiger partial charge < -0.3 is 10.8 Å². The molecule has 0 aliphatic rings. The summed E-state index contributed by atoms with van der Waals surface area (Å²) in [6, 6.07) is 15.5. The first-order chi connectivity index (χ1) is 9.72. The monoisotopic (exact) mass is 271 g/mol. The molecule has 0 radical (unpaired) electrons. The first-order valence-electron chi connectivity index (χ1n) is 6.87. The topological polar surface area (TPSA) is 46.2 Å². The summed E-state index contributed by atoms with van der Waals surface area (Å²) in [6.07, 6.45) is 1.75. The van der Waals surface area contributed by atoms with Gasteiger partial charge in [-0.1, -0.05) is 62.4 Å². The minimum atomic E-state index is 0.263. The van der Waals surface area contributed by atoms with E-state index in [4.69, 9.17) is 5.73 Å². The van der Waals surface area contributed by atoms with Crippen molar-refractivity contribution in [3.05, 3.63) is 66.7 Å². The van der Waals surface area contributed by atoms with E-state index in [1.165, 1.54) is 0 Å². The van der Waals surface area contributed by atoms with Crippen molar-refractivity contribution < 1.29 is 5.11 Å². The van der Waals surface area contributed by atoms with Gasteiger partial charge in [-0.2, -0.15) is 0 Å². The molecule has 0 aliphatic carbocycles. The molecule has 0 saturated heterocycles. The van der Waals surface area contributed by atoms with Crippen LogP contribution in [0.25, 0.3) is 11.1 Å². The van der Waals surface area contributed by atoms with Gasteiger partial charge >= 0.3 is 0 Å². The van der Waals surface area contributed by atoms with Crippen molar-refractivity contribution in [2.24, 2.45) is 5.73 Å². The Morgan fingerprint density at radius 3 is 2.05 bits per heavy atom. The van der Waals surface area contributed by atoms with Gasteiger partial charge in [-0.05, 0) is 24.1 Å². The van der Waals surface area contributed by atoms with Gasteiger partial charge in [0.25, 0.3) is 0 Å². The van der Waals surface area contributed by atoms with Crippen molar-refractivity contribution >= 4 is 0 Å². The van der Waals surface area contributed by atoms with Gasteiger partial charge in [0.2, 0.25) is 0 Å². The van der Waals surface area contributed by atoms with Crippen LogP contribution in [0.4, 0.5) is 0 Å². The number of phenols is 1. The number of hydrogen-bond acceptors (Lipinski definition) is 2. The number of allylic oxidation sites excluding steroid dienone is 1. The number of benzene rings is 2. The molecule has 0 bridgehead atoms. The van der Waals surface area contributed by atoms with E-state index < -0.39 is 0 Å². The van der Waals surface area contributed by atoms with Crippen LogP contribution in [0.1, 0.15) is 26.3 Å². The molecule has 2 nitrogen and oxygen atoms in total. The van der Waals surface area contributed by atoms with Gasteiger partial charge in [0.1, 0.15) is 5.75 Å². The number of aromatic hydroxyl groups is 1. The second-order valence-corrected chi connectivity index (χ2v) is 3.82. The van der Waals surface area contributed by atoms with Gasteiger partial charge in [-0.15, -0.1) is 6.58 Å². The SMILES string of the molecule is C=CC.CC.NCc1ccc(-c2ccccc2)cc1O. The van der Waals surface area contributed by atoms with E-state index in [2.05, 4.69) is 6.58 Å². The van der Waals surface area contributed by atoms with Gasteiger partial charge in [-0.25, -0.2) is 0 Å². The minimum Gasteiger partial charge on any atom is -0.508 e. The highest BCUT2D eigenvalue weighted by atomic mass is 16.3. The maximum absolute atomic E-state index is 9.67. The Balaban J connectivity index is 0.000000641. The lowest BCUT2D eigenvalue weighted by Crippen LogP contribution is -1.96. The summed E-state index contributed by atoms with van der Waals surface area (Å²) < 4.78 is 0. The fourth-order valence-corrected chi connectivity index (χ4v) is 1.55. The average Bonchev–Trinajstić information content (AvgIpc) is 2.51. The molecule has 0 aromatic heterocycles. The Labute approximate surface area is 122 Å². The molecular weight excluding hydrogens is 246 g/mol. The van der Waals surface area contributed by atoms with Gasteiger partial charge in [0.05, 0.1) is 0 Å². The van der Waals surface area contributed by atoms with Crippen molar-refractivity contribution in [3.8, 4) is 16.9 Å². The summed E-state index contributed by atoms with van der Waals surface area (Å²) in [6.45, 7) is 9.61. The smallest absolute Gasteiger partial charge is 0.120 e. The largest absolute Gasteiger partial charge is 0.508 e. The van der Waals surface area contributed by atoms with Crippen molar-refractivity contribution in [1.29, 1.82) is 0 Å². The molecule has 0 fully saturated rings. The van der Waals surface area contributed by atoms with E-state index in [0.717, 1.165) is 16.7 Å². The van der Waals surface area contributed by atoms with Crippen LogP contribution in [0.5, 0.6) is 5.75 Å². The Hall–Kier alpha value is -2.06. The predicted molar refractivity (Wildman–Crippen MR) is 88.7 cm³/mol. The quantitative estimate of drug-likeness (QED) is 0.775. The minimum absolute atomic E-state index is 0.263. The zero-order valence-electron chi connectivity index (χ0n) is 12.6. The fraction of sp³-hybridized carbons (Fsp3) is 0.222. The first kappa shape index (κ1) is 17.9. The lowest BCUT2D eigenvalue weighted by Gasteiger charge is -2.05. The maximum Gasteiger partial charge on any atom is 0.120 e. The van der Waals surface area contributed by atoms with Crippen molar-refractivity contribution in [2.45, 2.75) is 27.3 Å². The molecule has 2 aromatic rings. The van der Waals surface area contributed by atoms with Crippen LogP contribution < -0.4 is 5.73 Å². The van der Waals surface area contributed by atoms with Crippen LogP contribution >= 0.6 is 0 Å². The Morgan fingerprint density at radius 2 is 1.60 bits per heavy atom. The summed E-state index contributed by atoms with van der Waals surface area (Å²) in [5, 5.41) is 9.67. The molecule has 3 N–H and O–H groups in total. The van der Waals surface area contributed by atoms with E-state index in [9.17, 15) is 5.11 Å². The molecule has 2 heteroatoms. The second-order valence-electron chi connectivity index (χ2n) is 3.82. The van der Waals surface area contributed by atoms with Gasteiger partial charge in [-0.3, -0.25) is 0 Å². The van der Waals surface area contributed by atoms with E-state index in [1.54, 1.807) is 12.1 Å². The fourth-order valence-electron chi connectivity index (χ4n) is 1.55. The van der Waals surface area contributed by atoms with E-state index in [0.29, 0.717) is 6.54 Å². The number of hydrogen-bond donors (Lipinski definition) is 2. The third-order valence-electron chi connectivity index (χ3n) is 2.41. The van der Waals surface area contributed by atoms with E-state index >= 15 is 0 Å². The second kappa shape index (κ2) is 10.8. The number of phenolic OH excluding ortho intramolecular Hbond substituents is 1. The summed E-state index contributed by atoms with van der Waals surface area (Å²) in [7, 11) is 0. The van der Waals surface area contributed by atoms with Crippen LogP contribution in [0, 0.1) is 0 Å². The van der Waals surface area contributed by atoms with Crippen LogP contribution in [-0.4, -0.2) is 5.11 Å². The molecule has 2 aromatic carbocycles. The number of nitrogens with two attached hydrogens (primary N) is 1. The molecule has 20 heavy (non-hydrogen) atoms. The molecule has 2 rings (SSSR count). The molecule has 0 atom stereocenters. The van der Waals surface area contributed by atoms with Crippen molar-refractivity contribution in [1.82, 2.24) is 0 Å². The van der Waals surface area contributed by atoms with Crippen LogP contribution in [-0.2, 0) is 6.54 Å². The molecule has 108 valence electrons. The summed E-state index contributed by atoms with van der Waals surface area (Å²) in [5.74, 6) is 0.263. The van der Waals surface area contributed by atoms with Crippen LogP contribution in [0.2, 0.25) is 0 Å². The standard InChI is InChI=1S/C13H13NO.C3H6.C2H6/c14-9-12-7-6-11(8-13(12)15)10-4-2-1-3-5-10;1-3-2;1-2/h1-8,15H,9,14H2;3H,1H2,2H3;1-2H3. The highest BCUT2D eigenvalue weighted by Gasteiger charge is 2.02. The third kappa shape index (κ3) is 5.72. The van der Waals surface area contributed by atoms with Crippen LogP contribution in [0.15, 0.2) is 61.2 Å². The zero-order valence-corrected chi connectivity index (χ0v) is 12.6. The molecule has 0 spiro atoms. The highest BCUT2D eigenvalue weighted by Crippen LogP contribution is 2.25. The third-order valence-corrected chi connectivity index (χ3v) is 2.41. The van der Waals surface area contributed by atoms with Crippen LogP contribution in [0.3, 0.4) is 0 Å². The molecule has 0 aliphatic heterocycles. The summed E-state index contributed by atoms with van der Waals surface area (Å²) in [4.78, 5) is 0. The highest BCUT2D eigenvalue weighted by molar-refractivity contribution is 5.65. The lowest BCUT2D eigenvalue weighted by atomic mass is 10.0. The van der Waals surface area contributed by atoms with Gasteiger partial charge in [0, 0.05) is 12.1 Å². The van der Waals surface area contributed by atoms with Gasteiger partial charge in [0.15, 0.2) is 0 Å². The predicted octanol–water partition coefficient (Wildman–Crippen LogP) is 4.74. The van der Waals surface area contributed by atoms with E-state index in [1.807, 2.05) is 63.2 Å². The normalized spacial score (nSPS) is 8.60. The summed E-state index contributed by atoms with van der Waals surface area (Å²) in [5.41, 5.74) is 8.35. The Morgan fingerprint density at radius 1 is 1.05 bits per heavy atom. The average molecular weight is 271 g/mol. The first-order valence-corrected chi connectivity index (χ1v) is 6.87. The molecule has 0 amide bonds. The van der Waals surface area contributed by atoms with Crippen molar-refractivity contribution in [3.63, 3.8) is 0 Å². The van der Waals surface area contributed by atoms with Crippen molar-refractivity contribution in [2.75, 3.05) is 0 Å². The van der Waals surface area contributed by atoms with E-state index in [-0.39, 0.29) is 5.75 Å².